The second-order valence-corrected chi connectivity index (χ2v) is 6.27. The molecule has 0 aliphatic carbocycles. The van der Waals surface area contributed by atoms with Crippen LogP contribution in [0, 0.1) is 0 Å². The zero-order chi connectivity index (χ0) is 18.2. The lowest BCUT2D eigenvalue weighted by molar-refractivity contribution is -0.141. The van der Waals surface area contributed by atoms with Crippen LogP contribution in [-0.2, 0) is 15.1 Å². The Hall–Kier alpha value is -2.63. The first kappa shape index (κ1) is 17.2. The Morgan fingerprint density at radius 1 is 1.16 bits per heavy atom. The summed E-state index contributed by atoms with van der Waals surface area (Å²) in [6, 6.07) is 11.5. The number of halogens is 2. The van der Waals surface area contributed by atoms with Crippen LogP contribution >= 0.6 is 23.2 Å². The van der Waals surface area contributed by atoms with E-state index >= 15 is 0 Å². The largest absolute Gasteiger partial charge is 0.479 e. The fraction of sp³-hybridized carbons (Fsp3) is 0.0556. The topological polar surface area (TPSA) is 92.8 Å². The highest BCUT2D eigenvalue weighted by Crippen LogP contribution is 2.37. The van der Waals surface area contributed by atoms with Crippen molar-refractivity contribution in [3.05, 3.63) is 80.8 Å². The minimum absolute atomic E-state index is 0.245. The number of amides is 1. The van der Waals surface area contributed by atoms with Gasteiger partial charge < -0.3 is 10.8 Å². The number of hydrogen-bond donors (Lipinski definition) is 2. The molecule has 0 saturated heterocycles. The summed E-state index contributed by atoms with van der Waals surface area (Å²) in [6.45, 7) is 0. The fourth-order valence-corrected chi connectivity index (χ4v) is 3.48. The van der Waals surface area contributed by atoms with Gasteiger partial charge in [0.1, 0.15) is 0 Å². The molecule has 3 N–H and O–H groups in total. The Morgan fingerprint density at radius 3 is 2.44 bits per heavy atom. The summed E-state index contributed by atoms with van der Waals surface area (Å²) < 4.78 is 0. The molecule has 1 unspecified atom stereocenters. The summed E-state index contributed by atoms with van der Waals surface area (Å²) in [5, 5.41) is 11.4. The average molecular weight is 375 g/mol. The van der Waals surface area contributed by atoms with Crippen LogP contribution in [0.25, 0.3) is 5.57 Å². The van der Waals surface area contributed by atoms with Gasteiger partial charge >= 0.3 is 5.97 Å². The van der Waals surface area contributed by atoms with E-state index in [9.17, 15) is 14.7 Å². The number of rotatable bonds is 4. The molecule has 0 radical (unpaired) electrons. The summed E-state index contributed by atoms with van der Waals surface area (Å²) >= 11 is 12.3. The highest BCUT2D eigenvalue weighted by atomic mass is 35.5. The van der Waals surface area contributed by atoms with E-state index in [0.29, 0.717) is 21.2 Å². The number of nitrogens with two attached hydrogens (primary N) is 1. The third kappa shape index (κ3) is 2.81. The quantitative estimate of drug-likeness (QED) is 0.799. The number of carbonyl (C=O) groups is 2. The first-order valence-electron chi connectivity index (χ1n) is 7.22. The molecule has 5 nitrogen and oxygen atoms in total. The molecule has 1 heterocycles. The van der Waals surface area contributed by atoms with E-state index in [1.165, 1.54) is 18.2 Å². The van der Waals surface area contributed by atoms with Crippen molar-refractivity contribution in [1.29, 1.82) is 0 Å². The van der Waals surface area contributed by atoms with Gasteiger partial charge in [-0.2, -0.15) is 0 Å². The summed E-state index contributed by atoms with van der Waals surface area (Å²) in [4.78, 5) is 27.9. The van der Waals surface area contributed by atoms with Gasteiger partial charge in [0.25, 0.3) is 0 Å². The first-order chi connectivity index (χ1) is 11.9. The molecular formula is C18H12Cl2N2O3. The number of nitrogens with zero attached hydrogens (tertiary/aromatic N) is 1. The van der Waals surface area contributed by atoms with Crippen LogP contribution in [0.4, 0.5) is 0 Å². The second kappa shape index (κ2) is 6.35. The molecule has 1 aliphatic heterocycles. The van der Waals surface area contributed by atoms with Gasteiger partial charge in [-0.1, -0.05) is 53.5 Å². The lowest BCUT2D eigenvalue weighted by Crippen LogP contribution is -2.34. The molecule has 0 spiro atoms. The van der Waals surface area contributed by atoms with Crippen LogP contribution in [-0.4, -0.2) is 17.0 Å². The van der Waals surface area contributed by atoms with E-state index in [2.05, 4.69) is 4.99 Å². The van der Waals surface area contributed by atoms with Crippen LogP contribution in [0.15, 0.2) is 59.6 Å². The number of carboxylic acid groups (broad SMARTS) is 1. The summed E-state index contributed by atoms with van der Waals surface area (Å²) in [5.41, 5.74) is 4.12. The number of primary amides is 1. The van der Waals surface area contributed by atoms with Crippen LogP contribution in [0.3, 0.4) is 0 Å². The van der Waals surface area contributed by atoms with E-state index in [1.807, 2.05) is 0 Å². The summed E-state index contributed by atoms with van der Waals surface area (Å²) in [7, 11) is 0. The number of carboxylic acids is 1. The lowest BCUT2D eigenvalue weighted by Gasteiger charge is -2.24. The molecule has 1 aliphatic rings. The van der Waals surface area contributed by atoms with Gasteiger partial charge in [-0.15, -0.1) is 0 Å². The van der Waals surface area contributed by atoms with E-state index in [4.69, 9.17) is 28.9 Å². The van der Waals surface area contributed by atoms with Crippen molar-refractivity contribution in [2.24, 2.45) is 10.7 Å². The van der Waals surface area contributed by atoms with Crippen molar-refractivity contribution < 1.29 is 14.7 Å². The second-order valence-electron chi connectivity index (χ2n) is 5.42. The van der Waals surface area contributed by atoms with E-state index < -0.39 is 17.4 Å². The number of hydrogen-bond acceptors (Lipinski definition) is 3. The molecule has 0 aromatic heterocycles. The molecule has 2 aromatic carbocycles. The molecule has 3 rings (SSSR count). The number of fused-ring (bicyclic) bond motifs is 1. The standard InChI is InChI=1S/C18H12Cl2N2O3/c19-11-8-13(20)16-12(6-7-15(21)23)18(17(24)25,22-14(16)9-11)10-4-2-1-3-5-10/h1-9H,(H2,21,23)(H,24,25)/b7-6-. The Labute approximate surface area is 152 Å². The first-order valence-corrected chi connectivity index (χ1v) is 7.98. The van der Waals surface area contributed by atoms with Gasteiger partial charge in [-0.05, 0) is 23.8 Å². The number of aliphatic carboxylic acids is 1. The highest BCUT2D eigenvalue weighted by molar-refractivity contribution is 6.34. The van der Waals surface area contributed by atoms with Crippen LogP contribution in [0.5, 0.6) is 0 Å². The molecule has 126 valence electrons. The fourth-order valence-electron chi connectivity index (χ4n) is 2.89. The maximum atomic E-state index is 12.3. The van der Waals surface area contributed by atoms with Crippen LogP contribution < -0.4 is 16.3 Å². The zero-order valence-corrected chi connectivity index (χ0v) is 14.3. The molecule has 0 saturated carbocycles. The van der Waals surface area contributed by atoms with Crippen LogP contribution in [0.1, 0.15) is 5.56 Å². The minimum atomic E-state index is -1.75. The predicted octanol–water partition coefficient (Wildman–Crippen LogP) is 1.80. The van der Waals surface area contributed by atoms with Gasteiger partial charge in [0.05, 0.1) is 10.4 Å². The Bertz CT molecular complexity index is 1030. The minimum Gasteiger partial charge on any atom is -0.479 e. The van der Waals surface area contributed by atoms with Crippen molar-refractivity contribution >= 4 is 40.7 Å². The third-order valence-electron chi connectivity index (χ3n) is 3.90. The Morgan fingerprint density at radius 2 is 1.84 bits per heavy atom. The third-order valence-corrected chi connectivity index (χ3v) is 4.41. The maximum Gasteiger partial charge on any atom is 0.341 e. The molecule has 25 heavy (non-hydrogen) atoms. The highest BCUT2D eigenvalue weighted by Gasteiger charge is 2.46. The Balaban J connectivity index is 2.47. The zero-order valence-electron chi connectivity index (χ0n) is 12.7. The monoisotopic (exact) mass is 374 g/mol. The van der Waals surface area contributed by atoms with Gasteiger partial charge in [-0.3, -0.25) is 9.79 Å². The van der Waals surface area contributed by atoms with Crippen molar-refractivity contribution in [1.82, 2.24) is 0 Å². The lowest BCUT2D eigenvalue weighted by atomic mass is 9.83. The van der Waals surface area contributed by atoms with E-state index in [1.54, 1.807) is 30.3 Å². The molecular weight excluding hydrogens is 363 g/mol. The van der Waals surface area contributed by atoms with Crippen molar-refractivity contribution in [3.8, 4) is 0 Å². The normalized spacial score (nSPS) is 18.9. The van der Waals surface area contributed by atoms with Gasteiger partial charge in [0.2, 0.25) is 11.4 Å². The molecule has 0 bridgehead atoms. The van der Waals surface area contributed by atoms with E-state index in [-0.39, 0.29) is 10.6 Å². The maximum absolute atomic E-state index is 12.3. The van der Waals surface area contributed by atoms with Gasteiger partial charge in [0.15, 0.2) is 0 Å². The van der Waals surface area contributed by atoms with Gasteiger partial charge in [-0.25, -0.2) is 4.79 Å². The SMILES string of the molecule is NC(=O)/C=C\C1=c2c(Cl)cc(Cl)cc2=NC1(C(=O)O)c1ccccc1. The molecule has 1 amide bonds. The van der Waals surface area contributed by atoms with Crippen molar-refractivity contribution in [2.45, 2.75) is 5.54 Å². The summed E-state index contributed by atoms with van der Waals surface area (Å²) in [5.74, 6) is -1.91. The van der Waals surface area contributed by atoms with Crippen molar-refractivity contribution in [2.75, 3.05) is 0 Å². The molecule has 2 aromatic rings. The Kier molecular flexibility index (Phi) is 4.37. The summed E-state index contributed by atoms with van der Waals surface area (Å²) in [6.07, 6.45) is 2.43. The number of benzene rings is 2. The molecule has 7 heteroatoms. The van der Waals surface area contributed by atoms with E-state index in [0.717, 1.165) is 6.08 Å². The smallest absolute Gasteiger partial charge is 0.341 e. The van der Waals surface area contributed by atoms with Crippen molar-refractivity contribution in [3.63, 3.8) is 0 Å². The molecule has 1 atom stereocenters. The van der Waals surface area contributed by atoms with Crippen LogP contribution in [0.2, 0.25) is 10.0 Å². The number of carbonyl (C=O) groups excluding carboxylic acids is 1. The van der Waals surface area contributed by atoms with Gasteiger partial charge in [0, 0.05) is 21.9 Å². The average Bonchev–Trinajstić information content (AvgIpc) is 2.89. The molecule has 0 fully saturated rings. The predicted molar refractivity (Wildman–Crippen MR) is 94.7 cm³/mol.